The normalized spacial score (nSPS) is 10.3. The monoisotopic (exact) mass is 181 g/mol. The summed E-state index contributed by atoms with van der Waals surface area (Å²) >= 11 is 0. The van der Waals surface area contributed by atoms with E-state index < -0.39 is 0 Å². The number of aromatic nitrogens is 2. The Labute approximate surface area is 78.0 Å². The molecule has 0 saturated heterocycles. The van der Waals surface area contributed by atoms with Crippen LogP contribution in [0.25, 0.3) is 0 Å². The summed E-state index contributed by atoms with van der Waals surface area (Å²) in [5.41, 5.74) is 1.13. The van der Waals surface area contributed by atoms with Gasteiger partial charge in [0.2, 0.25) is 5.89 Å². The lowest BCUT2D eigenvalue weighted by Crippen LogP contribution is -2.19. The van der Waals surface area contributed by atoms with Crippen LogP contribution >= 0.6 is 0 Å². The summed E-state index contributed by atoms with van der Waals surface area (Å²) in [5, 5.41) is 7.01. The van der Waals surface area contributed by atoms with Crippen molar-refractivity contribution in [1.82, 2.24) is 15.5 Å². The minimum atomic E-state index is 0.620. The fraction of sp³-hybridized carbons (Fsp3) is 0.556. The molecule has 1 aromatic heterocycles. The van der Waals surface area contributed by atoms with Gasteiger partial charge >= 0.3 is 0 Å². The lowest BCUT2D eigenvalue weighted by atomic mass is 10.3. The van der Waals surface area contributed by atoms with Gasteiger partial charge in [-0.2, -0.15) is 4.98 Å². The molecule has 0 radical (unpaired) electrons. The van der Waals surface area contributed by atoms with E-state index in [0.29, 0.717) is 5.89 Å². The van der Waals surface area contributed by atoms with Crippen molar-refractivity contribution >= 4 is 0 Å². The Balaban J connectivity index is 2.16. The average Bonchev–Trinajstić information content (AvgIpc) is 2.45. The molecule has 1 N–H and O–H groups in total. The fourth-order valence-corrected chi connectivity index (χ4v) is 0.945. The minimum absolute atomic E-state index is 0.620. The number of nitrogens with zero attached hydrogens (tertiary/aromatic N) is 2. The molecule has 0 aliphatic rings. The average molecular weight is 181 g/mol. The van der Waals surface area contributed by atoms with E-state index in [0.717, 1.165) is 30.9 Å². The quantitative estimate of drug-likeness (QED) is 0.545. The Hall–Kier alpha value is -1.16. The molecular weight excluding hydrogens is 166 g/mol. The summed E-state index contributed by atoms with van der Waals surface area (Å²) in [6.45, 7) is 9.27. The first-order chi connectivity index (χ1) is 6.18. The highest BCUT2D eigenvalue weighted by Crippen LogP contribution is 1.94. The molecule has 0 aliphatic carbocycles. The highest BCUT2D eigenvalue weighted by atomic mass is 16.5. The number of hydrogen-bond donors (Lipinski definition) is 1. The van der Waals surface area contributed by atoms with Crippen molar-refractivity contribution < 1.29 is 4.52 Å². The second-order valence-corrected chi connectivity index (χ2v) is 3.11. The number of rotatable bonds is 5. The first-order valence-electron chi connectivity index (χ1n) is 4.33. The zero-order chi connectivity index (χ0) is 9.68. The molecular formula is C9H15N3O. The van der Waals surface area contributed by atoms with Crippen LogP contribution in [0.1, 0.15) is 18.6 Å². The van der Waals surface area contributed by atoms with E-state index in [1.54, 1.807) is 6.92 Å². The molecule has 72 valence electrons. The molecule has 1 rings (SSSR count). The molecule has 0 unspecified atom stereocenters. The lowest BCUT2D eigenvalue weighted by Gasteiger charge is -2.00. The van der Waals surface area contributed by atoms with Crippen LogP contribution in [0.4, 0.5) is 0 Å². The van der Waals surface area contributed by atoms with Crippen LogP contribution in [0.3, 0.4) is 0 Å². The third-order valence-electron chi connectivity index (χ3n) is 1.52. The number of aryl methyl sites for hydroxylation is 1. The molecule has 0 aliphatic heterocycles. The van der Waals surface area contributed by atoms with E-state index in [1.165, 1.54) is 0 Å². The predicted molar refractivity (Wildman–Crippen MR) is 50.4 cm³/mol. The molecule has 4 nitrogen and oxygen atoms in total. The van der Waals surface area contributed by atoms with Gasteiger partial charge in [0.15, 0.2) is 5.82 Å². The molecule has 0 bridgehead atoms. The smallest absolute Gasteiger partial charge is 0.223 e. The highest BCUT2D eigenvalue weighted by Gasteiger charge is 2.00. The predicted octanol–water partition coefficient (Wildman–Crippen LogP) is 1.09. The number of nitrogens with one attached hydrogen (secondary N) is 1. The van der Waals surface area contributed by atoms with Crippen molar-refractivity contribution in [2.75, 3.05) is 13.1 Å². The Morgan fingerprint density at radius 1 is 1.62 bits per heavy atom. The molecule has 0 aromatic carbocycles. The van der Waals surface area contributed by atoms with E-state index in [1.807, 2.05) is 6.92 Å². The van der Waals surface area contributed by atoms with Crippen molar-refractivity contribution in [2.45, 2.75) is 20.3 Å². The number of hydrogen-bond acceptors (Lipinski definition) is 4. The second kappa shape index (κ2) is 4.77. The molecule has 1 heterocycles. The first kappa shape index (κ1) is 9.92. The summed E-state index contributed by atoms with van der Waals surface area (Å²) in [6.07, 6.45) is 0.796. The maximum atomic E-state index is 4.84. The summed E-state index contributed by atoms with van der Waals surface area (Å²) in [7, 11) is 0. The van der Waals surface area contributed by atoms with Crippen LogP contribution in [0, 0.1) is 6.92 Å². The van der Waals surface area contributed by atoms with Gasteiger partial charge in [-0.15, -0.1) is 0 Å². The molecule has 1 aromatic rings. The van der Waals surface area contributed by atoms with Gasteiger partial charge in [0.25, 0.3) is 0 Å². The third-order valence-corrected chi connectivity index (χ3v) is 1.52. The van der Waals surface area contributed by atoms with Crippen LogP contribution in [0.5, 0.6) is 0 Å². The first-order valence-corrected chi connectivity index (χ1v) is 4.33. The van der Waals surface area contributed by atoms with Crippen molar-refractivity contribution in [3.8, 4) is 0 Å². The van der Waals surface area contributed by atoms with Crippen molar-refractivity contribution in [3.63, 3.8) is 0 Å². The SMILES string of the molecule is C=C(C)CNCCc1noc(C)n1. The molecule has 4 heteroatoms. The Kier molecular flexibility index (Phi) is 3.64. The van der Waals surface area contributed by atoms with E-state index in [2.05, 4.69) is 22.0 Å². The summed E-state index contributed by atoms with van der Waals surface area (Å²) in [4.78, 5) is 4.09. The Morgan fingerprint density at radius 2 is 2.38 bits per heavy atom. The van der Waals surface area contributed by atoms with Gasteiger partial charge in [-0.3, -0.25) is 0 Å². The third kappa shape index (κ3) is 3.85. The topological polar surface area (TPSA) is 51.0 Å². The molecule has 13 heavy (non-hydrogen) atoms. The van der Waals surface area contributed by atoms with Gasteiger partial charge in [0.1, 0.15) is 0 Å². The van der Waals surface area contributed by atoms with Crippen LogP contribution in [-0.2, 0) is 6.42 Å². The molecule has 0 amide bonds. The second-order valence-electron chi connectivity index (χ2n) is 3.11. The summed E-state index contributed by atoms with van der Waals surface area (Å²) in [5.74, 6) is 1.38. The zero-order valence-corrected chi connectivity index (χ0v) is 8.13. The van der Waals surface area contributed by atoms with E-state index in [9.17, 15) is 0 Å². The standard InChI is InChI=1S/C9H15N3O/c1-7(2)6-10-5-4-9-11-8(3)13-12-9/h10H,1,4-6H2,2-3H3. The van der Waals surface area contributed by atoms with Gasteiger partial charge in [0.05, 0.1) is 0 Å². The minimum Gasteiger partial charge on any atom is -0.340 e. The highest BCUT2D eigenvalue weighted by molar-refractivity contribution is 4.91. The fourth-order valence-electron chi connectivity index (χ4n) is 0.945. The van der Waals surface area contributed by atoms with Crippen LogP contribution < -0.4 is 5.32 Å². The maximum Gasteiger partial charge on any atom is 0.223 e. The van der Waals surface area contributed by atoms with Crippen LogP contribution in [0.15, 0.2) is 16.7 Å². The summed E-state index contributed by atoms with van der Waals surface area (Å²) in [6, 6.07) is 0. The Morgan fingerprint density at radius 3 is 2.92 bits per heavy atom. The van der Waals surface area contributed by atoms with Gasteiger partial charge in [0, 0.05) is 26.4 Å². The van der Waals surface area contributed by atoms with Gasteiger partial charge in [-0.25, -0.2) is 0 Å². The molecule has 0 saturated carbocycles. The van der Waals surface area contributed by atoms with Crippen molar-refractivity contribution in [1.29, 1.82) is 0 Å². The zero-order valence-electron chi connectivity index (χ0n) is 8.13. The molecule has 0 atom stereocenters. The van der Waals surface area contributed by atoms with Gasteiger partial charge in [-0.05, 0) is 6.92 Å². The lowest BCUT2D eigenvalue weighted by molar-refractivity contribution is 0.387. The van der Waals surface area contributed by atoms with Gasteiger partial charge in [-0.1, -0.05) is 17.3 Å². The van der Waals surface area contributed by atoms with Crippen molar-refractivity contribution in [2.24, 2.45) is 0 Å². The molecule has 0 spiro atoms. The van der Waals surface area contributed by atoms with E-state index >= 15 is 0 Å². The maximum absolute atomic E-state index is 4.84. The Bertz CT molecular complexity index is 280. The van der Waals surface area contributed by atoms with E-state index in [-0.39, 0.29) is 0 Å². The molecule has 0 fully saturated rings. The summed E-state index contributed by atoms with van der Waals surface area (Å²) < 4.78 is 4.84. The largest absolute Gasteiger partial charge is 0.340 e. The van der Waals surface area contributed by atoms with E-state index in [4.69, 9.17) is 4.52 Å². The van der Waals surface area contributed by atoms with Crippen LogP contribution in [0.2, 0.25) is 0 Å². The van der Waals surface area contributed by atoms with Crippen LogP contribution in [-0.4, -0.2) is 23.2 Å². The van der Waals surface area contributed by atoms with Gasteiger partial charge < -0.3 is 9.84 Å². The van der Waals surface area contributed by atoms with Crippen molar-refractivity contribution in [3.05, 3.63) is 23.9 Å².